The lowest BCUT2D eigenvalue weighted by Crippen LogP contribution is -2.49. The largest absolute Gasteiger partial charge is 0.384 e. The highest BCUT2D eigenvalue weighted by molar-refractivity contribution is 5.82. The summed E-state index contributed by atoms with van der Waals surface area (Å²) >= 11 is 0. The third kappa shape index (κ3) is 2.62. The number of Topliss-reactive ketones (excluding diaryl/α,β-unsaturated/α-hetero) is 1. The SMILES string of the molecule is CCC(=O)[C@H]1CC[C@H]2[C@@H]3CC=C4C[C@@](O)(C(F)F)CC[C@@H]4[C@H]3CC[C@]12C. The van der Waals surface area contributed by atoms with Gasteiger partial charge in [-0.25, -0.2) is 8.78 Å². The zero-order valence-corrected chi connectivity index (χ0v) is 16.0. The summed E-state index contributed by atoms with van der Waals surface area (Å²) in [4.78, 5) is 12.5. The average Bonchev–Trinajstić information content (AvgIpc) is 2.97. The number of alkyl halides is 2. The Hall–Kier alpha value is -0.770. The minimum atomic E-state index is -2.66. The number of fused-ring (bicyclic) bond motifs is 5. The van der Waals surface area contributed by atoms with Crippen molar-refractivity contribution in [1.82, 2.24) is 0 Å². The van der Waals surface area contributed by atoms with Crippen LogP contribution in [0.25, 0.3) is 0 Å². The van der Waals surface area contributed by atoms with Gasteiger partial charge in [-0.3, -0.25) is 4.79 Å². The van der Waals surface area contributed by atoms with Crippen LogP contribution in [0, 0.1) is 35.0 Å². The van der Waals surface area contributed by atoms with E-state index in [1.54, 1.807) is 0 Å². The van der Waals surface area contributed by atoms with Crippen molar-refractivity contribution in [2.24, 2.45) is 35.0 Å². The number of carbonyl (C=O) groups excluding carboxylic acids is 1. The van der Waals surface area contributed by atoms with E-state index in [1.807, 2.05) is 6.92 Å². The van der Waals surface area contributed by atoms with Crippen molar-refractivity contribution >= 4 is 5.78 Å². The first-order valence-electron chi connectivity index (χ1n) is 10.5. The highest BCUT2D eigenvalue weighted by Crippen LogP contribution is 2.64. The molecule has 0 unspecified atom stereocenters. The van der Waals surface area contributed by atoms with Gasteiger partial charge in [0.15, 0.2) is 0 Å². The second-order valence-corrected chi connectivity index (χ2v) is 9.67. The smallest absolute Gasteiger partial charge is 0.267 e. The molecule has 4 aliphatic rings. The molecule has 0 aromatic rings. The zero-order chi connectivity index (χ0) is 18.7. The molecule has 1 N–H and O–H groups in total. The van der Waals surface area contributed by atoms with E-state index in [0.29, 0.717) is 42.3 Å². The molecule has 146 valence electrons. The third-order valence-corrected chi connectivity index (χ3v) is 8.68. The van der Waals surface area contributed by atoms with Gasteiger partial charge in [0.05, 0.1) is 0 Å². The van der Waals surface area contributed by atoms with Gasteiger partial charge in [0.25, 0.3) is 6.43 Å². The molecular weight excluding hydrogens is 334 g/mol. The quantitative estimate of drug-likeness (QED) is 0.701. The minimum absolute atomic E-state index is 0.137. The monoisotopic (exact) mass is 366 g/mol. The Morgan fingerprint density at radius 3 is 2.69 bits per heavy atom. The maximum atomic E-state index is 13.3. The molecule has 0 saturated heterocycles. The number of hydrogen-bond acceptors (Lipinski definition) is 2. The van der Waals surface area contributed by atoms with Crippen molar-refractivity contribution in [1.29, 1.82) is 0 Å². The van der Waals surface area contributed by atoms with E-state index in [2.05, 4.69) is 13.0 Å². The molecule has 0 aromatic carbocycles. The van der Waals surface area contributed by atoms with Crippen LogP contribution in [-0.4, -0.2) is 22.9 Å². The molecule has 3 fully saturated rings. The molecule has 3 saturated carbocycles. The molecule has 0 aliphatic heterocycles. The van der Waals surface area contributed by atoms with Crippen molar-refractivity contribution < 1.29 is 18.7 Å². The molecule has 0 heterocycles. The van der Waals surface area contributed by atoms with Crippen molar-refractivity contribution in [2.75, 3.05) is 0 Å². The topological polar surface area (TPSA) is 37.3 Å². The van der Waals surface area contributed by atoms with Crippen LogP contribution in [0.2, 0.25) is 0 Å². The third-order valence-electron chi connectivity index (χ3n) is 8.68. The number of rotatable bonds is 3. The van der Waals surface area contributed by atoms with E-state index in [1.165, 1.54) is 0 Å². The Morgan fingerprint density at radius 2 is 2.00 bits per heavy atom. The molecule has 4 aliphatic carbocycles. The normalized spacial score (nSPS) is 47.8. The van der Waals surface area contributed by atoms with Crippen molar-refractivity contribution in [3.8, 4) is 0 Å². The maximum absolute atomic E-state index is 13.3. The predicted octanol–water partition coefficient (Wildman–Crippen LogP) is 5.15. The molecule has 4 heteroatoms. The molecule has 4 rings (SSSR count). The van der Waals surface area contributed by atoms with Crippen LogP contribution < -0.4 is 0 Å². The number of hydrogen-bond donors (Lipinski definition) is 1. The first-order chi connectivity index (χ1) is 12.3. The molecule has 0 radical (unpaired) electrons. The highest BCUT2D eigenvalue weighted by atomic mass is 19.3. The van der Waals surface area contributed by atoms with Crippen molar-refractivity contribution in [3.63, 3.8) is 0 Å². The van der Waals surface area contributed by atoms with Gasteiger partial charge in [0, 0.05) is 18.8 Å². The van der Waals surface area contributed by atoms with E-state index in [9.17, 15) is 18.7 Å². The molecule has 0 amide bonds. The van der Waals surface area contributed by atoms with Crippen LogP contribution >= 0.6 is 0 Å². The summed E-state index contributed by atoms with van der Waals surface area (Å²) in [7, 11) is 0. The summed E-state index contributed by atoms with van der Waals surface area (Å²) in [5.74, 6) is 2.77. The Bertz CT molecular complexity index is 615. The van der Waals surface area contributed by atoms with Gasteiger partial charge in [-0.1, -0.05) is 25.5 Å². The summed E-state index contributed by atoms with van der Waals surface area (Å²) in [5.41, 5.74) is -0.592. The first kappa shape index (κ1) is 18.6. The fourth-order valence-corrected chi connectivity index (χ4v) is 7.28. The van der Waals surface area contributed by atoms with E-state index in [0.717, 1.165) is 37.7 Å². The van der Waals surface area contributed by atoms with E-state index in [-0.39, 0.29) is 24.2 Å². The van der Waals surface area contributed by atoms with Gasteiger partial charge in [0.2, 0.25) is 0 Å². The summed E-state index contributed by atoms with van der Waals surface area (Å²) in [5, 5.41) is 10.3. The lowest BCUT2D eigenvalue weighted by Gasteiger charge is -2.54. The number of halogens is 2. The van der Waals surface area contributed by atoms with Crippen LogP contribution in [0.4, 0.5) is 8.78 Å². The second kappa shape index (κ2) is 6.39. The number of ketones is 1. The summed E-state index contributed by atoms with van der Waals surface area (Å²) in [6, 6.07) is 0. The van der Waals surface area contributed by atoms with E-state index < -0.39 is 12.0 Å². The maximum Gasteiger partial charge on any atom is 0.267 e. The van der Waals surface area contributed by atoms with Gasteiger partial charge in [-0.2, -0.15) is 0 Å². The second-order valence-electron chi connectivity index (χ2n) is 9.67. The van der Waals surface area contributed by atoms with Gasteiger partial charge in [-0.05, 0) is 74.0 Å². The number of carbonyl (C=O) groups is 1. The lowest BCUT2D eigenvalue weighted by molar-refractivity contribution is -0.130. The fourth-order valence-electron chi connectivity index (χ4n) is 7.28. The minimum Gasteiger partial charge on any atom is -0.384 e. The standard InChI is InChI=1S/C22H32F2O2/c1-3-19(25)18-7-6-17-16-5-4-13-12-22(26,20(23)24)11-9-14(13)15(16)8-10-21(17,18)2/h4,14-18,20,26H,3,5-12H2,1-2H3/t14-,15+,16+,17-,18+,21-,22+/m0/s1. The summed E-state index contributed by atoms with van der Waals surface area (Å²) < 4.78 is 26.5. The van der Waals surface area contributed by atoms with Crippen molar-refractivity contribution in [2.45, 2.75) is 83.7 Å². The molecule has 0 aromatic heterocycles. The molecular formula is C22H32F2O2. The Balaban J connectivity index is 1.57. The van der Waals surface area contributed by atoms with Crippen LogP contribution in [0.3, 0.4) is 0 Å². The molecule has 7 atom stereocenters. The van der Waals surface area contributed by atoms with Gasteiger partial charge >= 0.3 is 0 Å². The molecule has 26 heavy (non-hydrogen) atoms. The summed E-state index contributed by atoms with van der Waals surface area (Å²) in [6.45, 7) is 4.32. The fraction of sp³-hybridized carbons (Fsp3) is 0.864. The zero-order valence-electron chi connectivity index (χ0n) is 16.0. The Morgan fingerprint density at radius 1 is 1.23 bits per heavy atom. The average molecular weight is 366 g/mol. The number of aliphatic hydroxyl groups is 1. The first-order valence-corrected chi connectivity index (χ1v) is 10.5. The van der Waals surface area contributed by atoms with Crippen LogP contribution in [0.5, 0.6) is 0 Å². The Kier molecular flexibility index (Phi) is 4.57. The van der Waals surface area contributed by atoms with Crippen molar-refractivity contribution in [3.05, 3.63) is 11.6 Å². The van der Waals surface area contributed by atoms with E-state index in [4.69, 9.17) is 0 Å². The lowest BCUT2D eigenvalue weighted by atomic mass is 9.51. The van der Waals surface area contributed by atoms with Gasteiger partial charge in [0.1, 0.15) is 11.4 Å². The van der Waals surface area contributed by atoms with Crippen LogP contribution in [0.15, 0.2) is 11.6 Å². The van der Waals surface area contributed by atoms with Crippen LogP contribution in [-0.2, 0) is 4.79 Å². The predicted molar refractivity (Wildman–Crippen MR) is 96.8 cm³/mol. The van der Waals surface area contributed by atoms with Gasteiger partial charge in [-0.15, -0.1) is 0 Å². The number of allylic oxidation sites excluding steroid dienone is 1. The molecule has 0 spiro atoms. The van der Waals surface area contributed by atoms with Crippen LogP contribution in [0.1, 0.15) is 71.6 Å². The highest BCUT2D eigenvalue weighted by Gasteiger charge is 2.58. The Labute approximate surface area is 155 Å². The summed E-state index contributed by atoms with van der Waals surface area (Å²) in [6.07, 6.45) is 6.54. The molecule has 0 bridgehead atoms. The van der Waals surface area contributed by atoms with E-state index >= 15 is 0 Å². The molecule has 2 nitrogen and oxygen atoms in total. The van der Waals surface area contributed by atoms with Gasteiger partial charge < -0.3 is 5.11 Å².